The second kappa shape index (κ2) is 9.63. The van der Waals surface area contributed by atoms with Gasteiger partial charge in [0.2, 0.25) is 7.37 Å². The molecule has 1 heterocycles. The van der Waals surface area contributed by atoms with Crippen LogP contribution in [0.5, 0.6) is 0 Å². The fourth-order valence-corrected chi connectivity index (χ4v) is 6.47. The molecular formula is C22H28ClN2O4P. The van der Waals surface area contributed by atoms with Crippen molar-refractivity contribution in [2.24, 2.45) is 5.73 Å². The maximum absolute atomic E-state index is 12.9. The molecule has 0 aliphatic carbocycles. The van der Waals surface area contributed by atoms with Gasteiger partial charge >= 0.3 is 5.97 Å². The Kier molecular flexibility index (Phi) is 7.38. The summed E-state index contributed by atoms with van der Waals surface area (Å²) in [6.45, 7) is 1.37. The molecular weight excluding hydrogens is 423 g/mol. The quantitative estimate of drug-likeness (QED) is 0.414. The molecule has 8 heteroatoms. The maximum Gasteiger partial charge on any atom is 0.320 e. The van der Waals surface area contributed by atoms with Crippen LogP contribution in [0.1, 0.15) is 24.8 Å². The summed E-state index contributed by atoms with van der Waals surface area (Å²) in [5.74, 6) is -1.19. The lowest BCUT2D eigenvalue weighted by atomic mass is 9.97. The summed E-state index contributed by atoms with van der Waals surface area (Å²) < 4.78 is 12.9. The summed E-state index contributed by atoms with van der Waals surface area (Å²) in [5.41, 5.74) is 8.64. The zero-order chi connectivity index (χ0) is 21.8. The zero-order valence-electron chi connectivity index (χ0n) is 16.8. The van der Waals surface area contributed by atoms with Gasteiger partial charge in [0.25, 0.3) is 0 Å². The van der Waals surface area contributed by atoms with Crippen molar-refractivity contribution < 1.29 is 19.4 Å². The molecule has 1 fully saturated rings. The van der Waals surface area contributed by atoms with E-state index in [0.717, 1.165) is 16.7 Å². The Labute approximate surface area is 182 Å². The molecule has 6 nitrogen and oxygen atoms in total. The Morgan fingerprint density at radius 1 is 1.17 bits per heavy atom. The van der Waals surface area contributed by atoms with Crippen LogP contribution < -0.4 is 5.73 Å². The van der Waals surface area contributed by atoms with Gasteiger partial charge in [-0.2, -0.15) is 0 Å². The zero-order valence-corrected chi connectivity index (χ0v) is 18.5. The normalized spacial score (nSPS) is 24.6. The monoisotopic (exact) mass is 450 g/mol. The van der Waals surface area contributed by atoms with Gasteiger partial charge in [0.1, 0.15) is 0 Å². The number of unbranched alkanes of at least 4 members (excludes halogenated alkanes) is 1. The molecule has 162 valence electrons. The number of hydrogen-bond donors (Lipinski definition) is 3. The molecule has 1 saturated heterocycles. The van der Waals surface area contributed by atoms with Crippen molar-refractivity contribution in [2.75, 3.05) is 25.8 Å². The van der Waals surface area contributed by atoms with Gasteiger partial charge in [-0.05, 0) is 48.2 Å². The smallest absolute Gasteiger partial charge is 0.320 e. The number of carbonyl (C=O) groups is 1. The summed E-state index contributed by atoms with van der Waals surface area (Å²) in [7, 11) is -3.84. The van der Waals surface area contributed by atoms with Crippen LogP contribution in [0, 0.1) is 0 Å². The lowest BCUT2D eigenvalue weighted by Gasteiger charge is -2.43. The fourth-order valence-electron chi connectivity index (χ4n) is 4.14. The summed E-state index contributed by atoms with van der Waals surface area (Å²) in [4.78, 5) is 24.8. The third kappa shape index (κ3) is 4.79. The second-order valence-corrected chi connectivity index (χ2v) is 11.0. The average molecular weight is 451 g/mol. The van der Waals surface area contributed by atoms with Crippen molar-refractivity contribution in [3.8, 4) is 11.1 Å². The van der Waals surface area contributed by atoms with E-state index in [-0.39, 0.29) is 19.1 Å². The van der Waals surface area contributed by atoms with Gasteiger partial charge in [0.15, 0.2) is 5.16 Å². The van der Waals surface area contributed by atoms with Crippen LogP contribution in [0.25, 0.3) is 11.1 Å². The van der Waals surface area contributed by atoms with Crippen molar-refractivity contribution in [3.63, 3.8) is 0 Å². The third-order valence-electron chi connectivity index (χ3n) is 5.88. The van der Waals surface area contributed by atoms with Crippen molar-refractivity contribution >= 4 is 24.9 Å². The first-order valence-electron chi connectivity index (χ1n) is 10.1. The lowest BCUT2D eigenvalue weighted by molar-refractivity contribution is -0.141. The molecule has 0 aromatic heterocycles. The summed E-state index contributed by atoms with van der Waals surface area (Å²) in [6.07, 6.45) is 1.28. The van der Waals surface area contributed by atoms with Crippen LogP contribution in [0.2, 0.25) is 5.02 Å². The van der Waals surface area contributed by atoms with E-state index in [4.69, 9.17) is 17.3 Å². The van der Waals surface area contributed by atoms with Crippen LogP contribution in [0.3, 0.4) is 0 Å². The molecule has 2 aromatic rings. The molecule has 0 bridgehead atoms. The van der Waals surface area contributed by atoms with Gasteiger partial charge in [0, 0.05) is 30.8 Å². The molecule has 0 amide bonds. The van der Waals surface area contributed by atoms with E-state index in [1.807, 2.05) is 53.4 Å². The Morgan fingerprint density at radius 3 is 2.53 bits per heavy atom. The Morgan fingerprint density at radius 2 is 1.87 bits per heavy atom. The Balaban J connectivity index is 1.87. The molecule has 2 atom stereocenters. The summed E-state index contributed by atoms with van der Waals surface area (Å²) >= 11 is 6.01. The molecule has 0 radical (unpaired) electrons. The number of carboxylic acid groups (broad SMARTS) is 1. The van der Waals surface area contributed by atoms with E-state index in [1.54, 1.807) is 0 Å². The minimum Gasteiger partial charge on any atom is -0.480 e. The number of aliphatic carboxylic acids is 1. The molecule has 3 rings (SSSR count). The molecule has 1 aliphatic heterocycles. The first kappa shape index (κ1) is 23.0. The molecule has 4 N–H and O–H groups in total. The van der Waals surface area contributed by atoms with Gasteiger partial charge in [-0.3, -0.25) is 14.3 Å². The van der Waals surface area contributed by atoms with E-state index in [0.29, 0.717) is 37.5 Å². The van der Waals surface area contributed by atoms with Gasteiger partial charge in [0.05, 0.1) is 0 Å². The molecule has 1 aliphatic rings. The maximum atomic E-state index is 12.9. The molecule has 0 saturated carbocycles. The van der Waals surface area contributed by atoms with Crippen LogP contribution >= 0.6 is 19.0 Å². The van der Waals surface area contributed by atoms with Crippen molar-refractivity contribution in [2.45, 2.75) is 31.0 Å². The summed E-state index contributed by atoms with van der Waals surface area (Å²) in [5, 5.41) is 8.98. The predicted molar refractivity (Wildman–Crippen MR) is 120 cm³/mol. The van der Waals surface area contributed by atoms with E-state index >= 15 is 0 Å². The number of rotatable bonds is 8. The van der Waals surface area contributed by atoms with Gasteiger partial charge in [-0.25, -0.2) is 0 Å². The minimum atomic E-state index is -3.84. The van der Waals surface area contributed by atoms with E-state index in [9.17, 15) is 19.4 Å². The number of carboxylic acids is 1. The summed E-state index contributed by atoms with van der Waals surface area (Å²) in [6, 6.07) is 15.5. The topological polar surface area (TPSA) is 104 Å². The molecule has 0 spiro atoms. The minimum absolute atomic E-state index is 0.0228. The molecule has 30 heavy (non-hydrogen) atoms. The first-order chi connectivity index (χ1) is 14.3. The van der Waals surface area contributed by atoms with Gasteiger partial charge in [-0.15, -0.1) is 0 Å². The van der Waals surface area contributed by atoms with Crippen LogP contribution in [-0.4, -0.2) is 51.8 Å². The number of halogens is 1. The second-order valence-electron chi connectivity index (χ2n) is 7.88. The lowest BCUT2D eigenvalue weighted by Crippen LogP contribution is -2.53. The number of benzene rings is 2. The highest BCUT2D eigenvalue weighted by atomic mass is 35.5. The number of nitrogens with two attached hydrogens (primary N) is 1. The van der Waals surface area contributed by atoms with E-state index in [1.165, 1.54) is 0 Å². The number of nitrogens with zero attached hydrogens (tertiary/aromatic N) is 1. The van der Waals surface area contributed by atoms with Crippen molar-refractivity contribution in [1.29, 1.82) is 0 Å². The SMILES string of the molecule is NCCCC[C@@]1(C(=O)O)CN(Cc2ccccc2-c2ccc(Cl)cc2)CCP1(=O)O. The Bertz CT molecular complexity index is 937. The number of hydrogen-bond acceptors (Lipinski definition) is 4. The van der Waals surface area contributed by atoms with Crippen LogP contribution in [0.4, 0.5) is 0 Å². The van der Waals surface area contributed by atoms with Gasteiger partial charge < -0.3 is 15.7 Å². The Hall–Kier alpha value is -1.69. The highest BCUT2D eigenvalue weighted by Gasteiger charge is 2.56. The average Bonchev–Trinajstić information content (AvgIpc) is 2.71. The molecule has 1 unspecified atom stereocenters. The third-order valence-corrected chi connectivity index (χ3v) is 8.83. The standard InChI is InChI=1S/C22H28ClN2O4P/c23-19-9-7-17(8-10-19)20-6-2-1-5-18(20)15-25-13-14-30(28,29)22(16-25,21(26)27)11-3-4-12-24/h1-2,5-10H,3-4,11-16,24H2,(H,26,27)(H,28,29)/t22-/m0/s1. The first-order valence-corrected chi connectivity index (χ1v) is 12.3. The van der Waals surface area contributed by atoms with Gasteiger partial charge in [-0.1, -0.05) is 54.4 Å². The van der Waals surface area contributed by atoms with Crippen molar-refractivity contribution in [1.82, 2.24) is 4.90 Å². The largest absolute Gasteiger partial charge is 0.480 e. The molecule has 2 aromatic carbocycles. The van der Waals surface area contributed by atoms with Crippen molar-refractivity contribution in [3.05, 3.63) is 59.1 Å². The van der Waals surface area contributed by atoms with Crippen LogP contribution in [-0.2, 0) is 15.9 Å². The highest BCUT2D eigenvalue weighted by molar-refractivity contribution is 7.61. The van der Waals surface area contributed by atoms with Crippen LogP contribution in [0.15, 0.2) is 48.5 Å². The highest BCUT2D eigenvalue weighted by Crippen LogP contribution is 2.59. The predicted octanol–water partition coefficient (Wildman–Crippen LogP) is 4.05. The van der Waals surface area contributed by atoms with E-state index < -0.39 is 18.5 Å². The van der Waals surface area contributed by atoms with E-state index in [2.05, 4.69) is 0 Å². The fraction of sp³-hybridized carbons (Fsp3) is 0.409.